The topological polar surface area (TPSA) is 55.1 Å². The van der Waals surface area contributed by atoms with Crippen molar-refractivity contribution in [2.45, 2.75) is 64.5 Å². The van der Waals surface area contributed by atoms with E-state index in [1.165, 1.54) is 6.42 Å². The van der Waals surface area contributed by atoms with Gasteiger partial charge in [0, 0.05) is 6.04 Å². The number of rotatable bonds is 5. The summed E-state index contributed by atoms with van der Waals surface area (Å²) in [5.41, 5.74) is 5.80. The predicted molar refractivity (Wildman–Crippen MR) is 62.4 cm³/mol. The molecule has 1 aliphatic carbocycles. The van der Waals surface area contributed by atoms with Gasteiger partial charge in [-0.25, -0.2) is 0 Å². The van der Waals surface area contributed by atoms with Gasteiger partial charge in [0.1, 0.15) is 0 Å². The highest BCUT2D eigenvalue weighted by Crippen LogP contribution is 2.24. The fraction of sp³-hybridized carbons (Fsp3) is 0.917. The zero-order valence-electron chi connectivity index (χ0n) is 9.96. The first-order chi connectivity index (χ1) is 7.13. The fourth-order valence-electron chi connectivity index (χ4n) is 2.20. The summed E-state index contributed by atoms with van der Waals surface area (Å²) in [6.07, 6.45) is 6.41. The Morgan fingerprint density at radius 1 is 1.53 bits per heavy atom. The first-order valence-electron chi connectivity index (χ1n) is 6.19. The average Bonchev–Trinajstić information content (AvgIpc) is 2.60. The van der Waals surface area contributed by atoms with Crippen molar-refractivity contribution in [1.82, 2.24) is 5.32 Å². The van der Waals surface area contributed by atoms with E-state index in [-0.39, 0.29) is 11.9 Å². The highest BCUT2D eigenvalue weighted by Gasteiger charge is 2.24. The Hall–Kier alpha value is -0.570. The summed E-state index contributed by atoms with van der Waals surface area (Å²) in [4.78, 5) is 11.7. The Morgan fingerprint density at radius 2 is 2.27 bits per heavy atom. The van der Waals surface area contributed by atoms with Crippen LogP contribution in [0.1, 0.15) is 52.4 Å². The third-order valence-electron chi connectivity index (χ3n) is 3.25. The van der Waals surface area contributed by atoms with E-state index < -0.39 is 0 Å². The van der Waals surface area contributed by atoms with Gasteiger partial charge in [-0.05, 0) is 31.6 Å². The number of hydrogen-bond acceptors (Lipinski definition) is 2. The molecule has 15 heavy (non-hydrogen) atoms. The van der Waals surface area contributed by atoms with Crippen LogP contribution in [0, 0.1) is 5.92 Å². The Balaban J connectivity index is 2.22. The van der Waals surface area contributed by atoms with Crippen molar-refractivity contribution < 1.29 is 4.79 Å². The van der Waals surface area contributed by atoms with E-state index in [1.54, 1.807) is 0 Å². The summed E-state index contributed by atoms with van der Waals surface area (Å²) in [7, 11) is 0. The van der Waals surface area contributed by atoms with Gasteiger partial charge in [-0.15, -0.1) is 0 Å². The van der Waals surface area contributed by atoms with E-state index in [4.69, 9.17) is 5.73 Å². The van der Waals surface area contributed by atoms with E-state index >= 15 is 0 Å². The van der Waals surface area contributed by atoms with Gasteiger partial charge in [0.05, 0.1) is 6.04 Å². The minimum absolute atomic E-state index is 0.0440. The van der Waals surface area contributed by atoms with E-state index in [0.29, 0.717) is 6.04 Å². The molecule has 1 amide bonds. The van der Waals surface area contributed by atoms with Crippen LogP contribution in [0.4, 0.5) is 0 Å². The van der Waals surface area contributed by atoms with Gasteiger partial charge < -0.3 is 11.1 Å². The molecule has 0 radical (unpaired) electrons. The lowest BCUT2D eigenvalue weighted by Gasteiger charge is -2.16. The smallest absolute Gasteiger partial charge is 0.237 e. The summed E-state index contributed by atoms with van der Waals surface area (Å²) in [5.74, 6) is 0.796. The molecule has 3 atom stereocenters. The second-order valence-electron chi connectivity index (χ2n) is 4.87. The minimum atomic E-state index is -0.305. The standard InChI is InChI=1S/C12H24N2O/c1-3-4-5-11(13)12(15)14-10-7-6-9(2)8-10/h9-11H,3-8,13H2,1-2H3,(H,14,15)/t9?,10?,11-/m0/s1. The molecule has 0 heterocycles. The molecule has 0 aromatic rings. The number of carbonyl (C=O) groups excluding carboxylic acids is 1. The Bertz CT molecular complexity index is 206. The van der Waals surface area contributed by atoms with E-state index in [9.17, 15) is 4.79 Å². The van der Waals surface area contributed by atoms with Crippen molar-refractivity contribution in [2.24, 2.45) is 11.7 Å². The average molecular weight is 212 g/mol. The number of nitrogens with one attached hydrogen (secondary N) is 1. The first-order valence-corrected chi connectivity index (χ1v) is 6.19. The number of unbranched alkanes of at least 4 members (excludes halogenated alkanes) is 1. The normalized spacial score (nSPS) is 27.7. The lowest BCUT2D eigenvalue weighted by Crippen LogP contribution is -2.44. The zero-order chi connectivity index (χ0) is 11.3. The third-order valence-corrected chi connectivity index (χ3v) is 3.25. The van der Waals surface area contributed by atoms with Gasteiger partial charge in [0.25, 0.3) is 0 Å². The molecule has 0 aromatic carbocycles. The summed E-state index contributed by atoms with van der Waals surface area (Å²) in [6.45, 7) is 4.35. The van der Waals surface area contributed by atoms with Crippen molar-refractivity contribution in [2.75, 3.05) is 0 Å². The highest BCUT2D eigenvalue weighted by molar-refractivity contribution is 5.81. The van der Waals surface area contributed by atoms with Crippen LogP contribution in [-0.2, 0) is 4.79 Å². The van der Waals surface area contributed by atoms with Crippen LogP contribution in [0.15, 0.2) is 0 Å². The summed E-state index contributed by atoms with van der Waals surface area (Å²) in [5, 5.41) is 3.05. The Labute approximate surface area is 92.8 Å². The molecule has 1 fully saturated rings. The van der Waals surface area contributed by atoms with Crippen molar-refractivity contribution in [3.05, 3.63) is 0 Å². The molecular weight excluding hydrogens is 188 g/mol. The fourth-order valence-corrected chi connectivity index (χ4v) is 2.20. The maximum atomic E-state index is 11.7. The monoisotopic (exact) mass is 212 g/mol. The summed E-state index contributed by atoms with van der Waals surface area (Å²) >= 11 is 0. The van der Waals surface area contributed by atoms with Crippen molar-refractivity contribution in [3.63, 3.8) is 0 Å². The van der Waals surface area contributed by atoms with Gasteiger partial charge in [-0.2, -0.15) is 0 Å². The molecule has 3 N–H and O–H groups in total. The predicted octanol–water partition coefficient (Wildman–Crippen LogP) is 1.81. The van der Waals surface area contributed by atoms with E-state index in [1.807, 2.05) is 0 Å². The summed E-state index contributed by atoms with van der Waals surface area (Å²) in [6, 6.07) is 0.0704. The third kappa shape index (κ3) is 4.20. The van der Waals surface area contributed by atoms with Crippen LogP contribution in [0.25, 0.3) is 0 Å². The molecule has 0 bridgehead atoms. The van der Waals surface area contributed by atoms with Gasteiger partial charge in [-0.3, -0.25) is 4.79 Å². The molecule has 88 valence electrons. The largest absolute Gasteiger partial charge is 0.352 e. The molecule has 3 nitrogen and oxygen atoms in total. The molecule has 0 saturated heterocycles. The number of nitrogens with two attached hydrogens (primary N) is 1. The second kappa shape index (κ2) is 6.11. The van der Waals surface area contributed by atoms with Gasteiger partial charge in [0.15, 0.2) is 0 Å². The van der Waals surface area contributed by atoms with Crippen LogP contribution in [0.3, 0.4) is 0 Å². The summed E-state index contributed by atoms with van der Waals surface area (Å²) < 4.78 is 0. The molecule has 2 unspecified atom stereocenters. The molecular formula is C12H24N2O. The lowest BCUT2D eigenvalue weighted by molar-refractivity contribution is -0.123. The van der Waals surface area contributed by atoms with Crippen LogP contribution in [0.2, 0.25) is 0 Å². The van der Waals surface area contributed by atoms with Gasteiger partial charge >= 0.3 is 0 Å². The van der Waals surface area contributed by atoms with Gasteiger partial charge in [0.2, 0.25) is 5.91 Å². The lowest BCUT2D eigenvalue weighted by atomic mass is 10.1. The van der Waals surface area contributed by atoms with Crippen LogP contribution in [-0.4, -0.2) is 18.0 Å². The van der Waals surface area contributed by atoms with Crippen LogP contribution >= 0.6 is 0 Å². The van der Waals surface area contributed by atoms with Gasteiger partial charge in [-0.1, -0.05) is 26.7 Å². The van der Waals surface area contributed by atoms with E-state index in [2.05, 4.69) is 19.2 Å². The van der Waals surface area contributed by atoms with Crippen LogP contribution < -0.4 is 11.1 Å². The molecule has 0 aromatic heterocycles. The second-order valence-corrected chi connectivity index (χ2v) is 4.87. The van der Waals surface area contributed by atoms with Crippen molar-refractivity contribution in [3.8, 4) is 0 Å². The molecule has 1 saturated carbocycles. The molecule has 1 aliphatic rings. The first kappa shape index (κ1) is 12.5. The number of hydrogen-bond donors (Lipinski definition) is 2. The minimum Gasteiger partial charge on any atom is -0.352 e. The quantitative estimate of drug-likeness (QED) is 0.730. The molecule has 0 aliphatic heterocycles. The number of carbonyl (C=O) groups is 1. The SMILES string of the molecule is CCCC[C@H](N)C(=O)NC1CCC(C)C1. The van der Waals surface area contributed by atoms with Crippen LogP contribution in [0.5, 0.6) is 0 Å². The number of amides is 1. The maximum Gasteiger partial charge on any atom is 0.237 e. The van der Waals surface area contributed by atoms with E-state index in [0.717, 1.165) is 38.0 Å². The molecule has 1 rings (SSSR count). The molecule has 3 heteroatoms. The highest BCUT2D eigenvalue weighted by atomic mass is 16.2. The Kier molecular flexibility index (Phi) is 5.09. The van der Waals surface area contributed by atoms with Crippen molar-refractivity contribution >= 4 is 5.91 Å². The Morgan fingerprint density at radius 3 is 2.80 bits per heavy atom. The van der Waals surface area contributed by atoms with Crippen molar-refractivity contribution in [1.29, 1.82) is 0 Å². The maximum absolute atomic E-state index is 11.7. The zero-order valence-corrected chi connectivity index (χ0v) is 9.96. The molecule has 0 spiro atoms.